The molecule has 5 heteroatoms. The van der Waals surface area contributed by atoms with Crippen LogP contribution in [0.4, 0.5) is 5.82 Å². The van der Waals surface area contributed by atoms with Crippen molar-refractivity contribution in [2.45, 2.75) is 18.9 Å². The number of likely N-dealkylation sites (N-methyl/N-ethyl adjacent to an activating group) is 1. The van der Waals surface area contributed by atoms with Crippen LogP contribution < -0.4 is 4.90 Å². The molecule has 1 atom stereocenters. The Morgan fingerprint density at radius 2 is 2.21 bits per heavy atom. The first-order valence-corrected chi connectivity index (χ1v) is 6.59. The summed E-state index contributed by atoms with van der Waals surface area (Å²) in [6, 6.07) is 5.53. The monoisotopic (exact) mass is 263 g/mol. The Hall–Kier alpha value is -1.62. The van der Waals surface area contributed by atoms with Gasteiger partial charge in [0.2, 0.25) is 0 Å². The maximum absolute atomic E-state index is 11.9. The maximum Gasteiger partial charge on any atom is 0.272 e. The molecule has 1 aliphatic heterocycles. The molecule has 0 N–H and O–H groups in total. The summed E-state index contributed by atoms with van der Waals surface area (Å²) >= 11 is 0. The van der Waals surface area contributed by atoms with Crippen molar-refractivity contribution in [3.05, 3.63) is 23.9 Å². The van der Waals surface area contributed by atoms with E-state index in [0.29, 0.717) is 5.69 Å². The Balaban J connectivity index is 2.06. The second kappa shape index (κ2) is 6.02. The van der Waals surface area contributed by atoms with Crippen LogP contribution in [0.5, 0.6) is 0 Å². The number of nitrogens with zero attached hydrogens (tertiary/aromatic N) is 3. The van der Waals surface area contributed by atoms with Crippen molar-refractivity contribution in [2.75, 3.05) is 39.2 Å². The van der Waals surface area contributed by atoms with Crippen LogP contribution in [0, 0.1) is 0 Å². The maximum atomic E-state index is 11.9. The molecule has 0 radical (unpaired) electrons. The van der Waals surface area contributed by atoms with E-state index in [1.807, 2.05) is 24.1 Å². The van der Waals surface area contributed by atoms with Gasteiger partial charge in [-0.05, 0) is 25.0 Å². The zero-order valence-corrected chi connectivity index (χ0v) is 11.8. The summed E-state index contributed by atoms with van der Waals surface area (Å²) in [6.45, 7) is 1.66. The van der Waals surface area contributed by atoms with Gasteiger partial charge < -0.3 is 14.5 Å². The molecule has 1 unspecified atom stereocenters. The molecule has 1 amide bonds. The van der Waals surface area contributed by atoms with Crippen molar-refractivity contribution in [3.63, 3.8) is 0 Å². The standard InChI is InChI=1S/C14H21N3O2/c1-16(2)14(18)12-7-4-8-13(15-12)17(3)10-11-6-5-9-19-11/h4,7-8,11H,5-6,9-10H2,1-3H3. The van der Waals surface area contributed by atoms with Gasteiger partial charge in [0.05, 0.1) is 6.10 Å². The van der Waals surface area contributed by atoms with Crippen LogP contribution in [0.15, 0.2) is 18.2 Å². The van der Waals surface area contributed by atoms with Crippen molar-refractivity contribution in [1.29, 1.82) is 0 Å². The van der Waals surface area contributed by atoms with E-state index in [1.54, 1.807) is 20.2 Å². The molecule has 1 aromatic rings. The molecule has 5 nitrogen and oxygen atoms in total. The quantitative estimate of drug-likeness (QED) is 0.823. The predicted octanol–water partition coefficient (Wildman–Crippen LogP) is 1.40. The fourth-order valence-electron chi connectivity index (χ4n) is 2.17. The van der Waals surface area contributed by atoms with E-state index in [0.717, 1.165) is 31.8 Å². The van der Waals surface area contributed by atoms with E-state index in [4.69, 9.17) is 4.74 Å². The summed E-state index contributed by atoms with van der Waals surface area (Å²) in [5, 5.41) is 0. The van der Waals surface area contributed by atoms with E-state index in [9.17, 15) is 4.79 Å². The fourth-order valence-corrected chi connectivity index (χ4v) is 2.17. The number of hydrogen-bond donors (Lipinski definition) is 0. The molecule has 1 aromatic heterocycles. The molecule has 2 rings (SSSR count). The lowest BCUT2D eigenvalue weighted by Gasteiger charge is -2.22. The highest BCUT2D eigenvalue weighted by molar-refractivity contribution is 5.92. The first kappa shape index (κ1) is 13.8. The average Bonchev–Trinajstić information content (AvgIpc) is 2.90. The van der Waals surface area contributed by atoms with Crippen LogP contribution >= 0.6 is 0 Å². The SMILES string of the molecule is CN(C)C(=O)c1cccc(N(C)CC2CCCO2)n1. The lowest BCUT2D eigenvalue weighted by atomic mass is 10.2. The van der Waals surface area contributed by atoms with E-state index >= 15 is 0 Å². The van der Waals surface area contributed by atoms with Crippen LogP contribution in [-0.4, -0.2) is 56.2 Å². The molecule has 1 saturated heterocycles. The van der Waals surface area contributed by atoms with Crippen molar-refractivity contribution in [1.82, 2.24) is 9.88 Å². The molecule has 0 aliphatic carbocycles. The summed E-state index contributed by atoms with van der Waals surface area (Å²) in [4.78, 5) is 19.9. The van der Waals surface area contributed by atoms with Crippen LogP contribution in [0.25, 0.3) is 0 Å². The number of carbonyl (C=O) groups excluding carboxylic acids is 1. The van der Waals surface area contributed by atoms with Gasteiger partial charge in [0.15, 0.2) is 0 Å². The topological polar surface area (TPSA) is 45.7 Å². The number of ether oxygens (including phenoxy) is 1. The molecule has 1 aliphatic rings. The first-order valence-electron chi connectivity index (χ1n) is 6.59. The molecule has 0 aromatic carbocycles. The van der Waals surface area contributed by atoms with Crippen molar-refractivity contribution < 1.29 is 9.53 Å². The van der Waals surface area contributed by atoms with Gasteiger partial charge in [0.1, 0.15) is 11.5 Å². The minimum Gasteiger partial charge on any atom is -0.376 e. The van der Waals surface area contributed by atoms with Gasteiger partial charge in [0.25, 0.3) is 5.91 Å². The largest absolute Gasteiger partial charge is 0.376 e. The summed E-state index contributed by atoms with van der Waals surface area (Å²) in [7, 11) is 5.44. The molecular formula is C14H21N3O2. The van der Waals surface area contributed by atoms with Gasteiger partial charge in [-0.25, -0.2) is 4.98 Å². The Morgan fingerprint density at radius 1 is 1.42 bits per heavy atom. The summed E-state index contributed by atoms with van der Waals surface area (Å²) < 4.78 is 5.62. The highest BCUT2D eigenvalue weighted by Gasteiger charge is 2.18. The molecule has 0 bridgehead atoms. The van der Waals surface area contributed by atoms with Crippen LogP contribution in [0.1, 0.15) is 23.3 Å². The number of pyridine rings is 1. The molecule has 2 heterocycles. The van der Waals surface area contributed by atoms with E-state index < -0.39 is 0 Å². The number of hydrogen-bond acceptors (Lipinski definition) is 4. The molecule has 19 heavy (non-hydrogen) atoms. The Labute approximate surface area is 114 Å². The second-order valence-electron chi connectivity index (χ2n) is 5.10. The Bertz CT molecular complexity index is 442. The van der Waals surface area contributed by atoms with Gasteiger partial charge in [-0.15, -0.1) is 0 Å². The van der Waals surface area contributed by atoms with Crippen LogP contribution in [0.2, 0.25) is 0 Å². The number of amides is 1. The zero-order valence-electron chi connectivity index (χ0n) is 11.8. The smallest absolute Gasteiger partial charge is 0.272 e. The Kier molecular flexibility index (Phi) is 4.37. The third kappa shape index (κ3) is 3.44. The van der Waals surface area contributed by atoms with E-state index in [2.05, 4.69) is 4.98 Å². The van der Waals surface area contributed by atoms with Crippen LogP contribution in [0.3, 0.4) is 0 Å². The molecular weight excluding hydrogens is 242 g/mol. The lowest BCUT2D eigenvalue weighted by molar-refractivity contribution is 0.0822. The van der Waals surface area contributed by atoms with Crippen LogP contribution in [-0.2, 0) is 4.74 Å². The number of rotatable bonds is 4. The summed E-state index contributed by atoms with van der Waals surface area (Å²) in [6.07, 6.45) is 2.51. The van der Waals surface area contributed by atoms with E-state index in [1.165, 1.54) is 4.90 Å². The van der Waals surface area contributed by atoms with Gasteiger partial charge in [-0.1, -0.05) is 6.07 Å². The van der Waals surface area contributed by atoms with Gasteiger partial charge in [0, 0.05) is 34.3 Å². The highest BCUT2D eigenvalue weighted by Crippen LogP contribution is 2.16. The van der Waals surface area contributed by atoms with Crippen molar-refractivity contribution in [2.24, 2.45) is 0 Å². The first-order chi connectivity index (χ1) is 9.08. The molecule has 0 spiro atoms. The minimum atomic E-state index is -0.0765. The summed E-state index contributed by atoms with van der Waals surface area (Å²) in [5.41, 5.74) is 0.474. The molecule has 104 valence electrons. The zero-order chi connectivity index (χ0) is 13.8. The molecule has 0 saturated carbocycles. The third-order valence-corrected chi connectivity index (χ3v) is 3.25. The molecule has 1 fully saturated rings. The average molecular weight is 263 g/mol. The minimum absolute atomic E-state index is 0.0765. The number of aromatic nitrogens is 1. The normalized spacial score (nSPS) is 18.4. The van der Waals surface area contributed by atoms with E-state index in [-0.39, 0.29) is 12.0 Å². The van der Waals surface area contributed by atoms with Gasteiger partial charge >= 0.3 is 0 Å². The number of anilines is 1. The highest BCUT2D eigenvalue weighted by atomic mass is 16.5. The summed E-state index contributed by atoms with van der Waals surface area (Å²) in [5.74, 6) is 0.732. The lowest BCUT2D eigenvalue weighted by Crippen LogP contribution is -2.30. The van der Waals surface area contributed by atoms with Gasteiger partial charge in [-0.3, -0.25) is 4.79 Å². The number of carbonyl (C=O) groups is 1. The predicted molar refractivity (Wildman–Crippen MR) is 74.5 cm³/mol. The fraction of sp³-hybridized carbons (Fsp3) is 0.571. The third-order valence-electron chi connectivity index (χ3n) is 3.25. The second-order valence-corrected chi connectivity index (χ2v) is 5.10. The van der Waals surface area contributed by atoms with Crippen molar-refractivity contribution in [3.8, 4) is 0 Å². The Morgan fingerprint density at radius 3 is 2.84 bits per heavy atom. The van der Waals surface area contributed by atoms with Gasteiger partial charge in [-0.2, -0.15) is 0 Å². The van der Waals surface area contributed by atoms with Crippen molar-refractivity contribution >= 4 is 11.7 Å².